The van der Waals surface area contributed by atoms with Crippen molar-refractivity contribution in [3.05, 3.63) is 35.9 Å². The zero-order chi connectivity index (χ0) is 11.4. The fourth-order valence-corrected chi connectivity index (χ4v) is 2.43. The van der Waals surface area contributed by atoms with Crippen LogP contribution in [0.3, 0.4) is 0 Å². The summed E-state index contributed by atoms with van der Waals surface area (Å²) >= 11 is 5.42. The number of benzene rings is 1. The van der Waals surface area contributed by atoms with E-state index in [1.54, 1.807) is 0 Å². The summed E-state index contributed by atoms with van der Waals surface area (Å²) in [4.78, 5) is 0.953. The molecule has 0 radical (unpaired) electrons. The molecule has 0 spiro atoms. The standard InChI is InChI=1S/C13H18N2S/c1-10(11-6-3-2-4-7-11)15-13(16)12-8-5-9-14-12/h2-4,6-7,10,12,14H,5,8-9H2,1H3,(H,15,16)/t10-,12-/m0/s1. The van der Waals surface area contributed by atoms with Crippen molar-refractivity contribution in [3.63, 3.8) is 0 Å². The molecule has 1 aromatic rings. The second-order valence-corrected chi connectivity index (χ2v) is 4.73. The maximum absolute atomic E-state index is 5.42. The Bertz CT molecular complexity index is 344. The van der Waals surface area contributed by atoms with Gasteiger partial charge in [-0.2, -0.15) is 0 Å². The van der Waals surface area contributed by atoms with Gasteiger partial charge in [0.15, 0.2) is 0 Å². The average Bonchev–Trinajstić information content (AvgIpc) is 2.83. The number of rotatable bonds is 3. The number of hydrogen-bond donors (Lipinski definition) is 2. The Kier molecular flexibility index (Phi) is 3.91. The first kappa shape index (κ1) is 11.6. The molecule has 1 aromatic carbocycles. The molecule has 2 nitrogen and oxygen atoms in total. The van der Waals surface area contributed by atoms with Crippen molar-refractivity contribution < 1.29 is 0 Å². The molecule has 0 amide bonds. The highest BCUT2D eigenvalue weighted by atomic mass is 32.1. The third kappa shape index (κ3) is 2.80. The van der Waals surface area contributed by atoms with Crippen molar-refractivity contribution in [2.24, 2.45) is 0 Å². The van der Waals surface area contributed by atoms with Crippen molar-refractivity contribution in [1.29, 1.82) is 0 Å². The molecular formula is C13H18N2S. The molecule has 2 N–H and O–H groups in total. The monoisotopic (exact) mass is 234 g/mol. The molecule has 0 unspecified atom stereocenters. The maximum Gasteiger partial charge on any atom is 0.0930 e. The number of hydrogen-bond acceptors (Lipinski definition) is 2. The Morgan fingerprint density at radius 3 is 2.81 bits per heavy atom. The molecule has 86 valence electrons. The van der Waals surface area contributed by atoms with E-state index in [1.165, 1.54) is 12.0 Å². The van der Waals surface area contributed by atoms with E-state index in [0.29, 0.717) is 6.04 Å². The van der Waals surface area contributed by atoms with Gasteiger partial charge in [-0.1, -0.05) is 42.5 Å². The minimum Gasteiger partial charge on any atom is -0.372 e. The summed E-state index contributed by atoms with van der Waals surface area (Å²) in [5, 5.41) is 6.82. The Hall–Kier alpha value is -0.930. The van der Waals surface area contributed by atoms with Gasteiger partial charge in [0.05, 0.1) is 11.0 Å². The predicted octanol–water partition coefficient (Wildman–Crippen LogP) is 2.42. The summed E-state index contributed by atoms with van der Waals surface area (Å²) in [7, 11) is 0. The average molecular weight is 234 g/mol. The van der Waals surface area contributed by atoms with Gasteiger partial charge in [0.2, 0.25) is 0 Å². The minimum absolute atomic E-state index is 0.288. The van der Waals surface area contributed by atoms with E-state index < -0.39 is 0 Å². The summed E-state index contributed by atoms with van der Waals surface area (Å²) in [5.41, 5.74) is 1.28. The summed E-state index contributed by atoms with van der Waals surface area (Å²) in [6.45, 7) is 3.24. The van der Waals surface area contributed by atoms with Gasteiger partial charge in [0.25, 0.3) is 0 Å². The van der Waals surface area contributed by atoms with Gasteiger partial charge in [-0.3, -0.25) is 0 Å². The normalized spacial score (nSPS) is 21.7. The summed E-state index contributed by atoms with van der Waals surface area (Å²) in [6.07, 6.45) is 2.39. The third-order valence-corrected chi connectivity index (χ3v) is 3.44. The van der Waals surface area contributed by atoms with Crippen LogP contribution in [0.4, 0.5) is 0 Å². The molecule has 1 aliphatic rings. The summed E-state index contributed by atoms with van der Waals surface area (Å²) < 4.78 is 0. The van der Waals surface area contributed by atoms with Crippen LogP contribution in [0.25, 0.3) is 0 Å². The first-order valence-electron chi connectivity index (χ1n) is 5.86. The fourth-order valence-electron chi connectivity index (χ4n) is 2.05. The zero-order valence-corrected chi connectivity index (χ0v) is 10.4. The van der Waals surface area contributed by atoms with Crippen LogP contribution in [0, 0.1) is 0 Å². The lowest BCUT2D eigenvalue weighted by Gasteiger charge is -2.20. The van der Waals surface area contributed by atoms with Crippen LogP contribution in [0.15, 0.2) is 30.3 Å². The van der Waals surface area contributed by atoms with E-state index in [1.807, 2.05) is 6.07 Å². The van der Waals surface area contributed by atoms with Crippen molar-refractivity contribution >= 4 is 17.2 Å². The Labute approximate surface area is 102 Å². The second-order valence-electron chi connectivity index (χ2n) is 4.29. The van der Waals surface area contributed by atoms with E-state index in [4.69, 9.17) is 12.2 Å². The van der Waals surface area contributed by atoms with Crippen LogP contribution in [-0.4, -0.2) is 17.6 Å². The summed E-state index contributed by atoms with van der Waals surface area (Å²) in [6, 6.07) is 11.1. The van der Waals surface area contributed by atoms with Gasteiger partial charge in [-0.25, -0.2) is 0 Å². The lowest BCUT2D eigenvalue weighted by molar-refractivity contribution is 0.672. The highest BCUT2D eigenvalue weighted by Gasteiger charge is 2.19. The molecule has 1 heterocycles. The second kappa shape index (κ2) is 5.41. The first-order chi connectivity index (χ1) is 7.77. The van der Waals surface area contributed by atoms with E-state index in [2.05, 4.69) is 41.8 Å². The predicted molar refractivity (Wildman–Crippen MR) is 71.6 cm³/mol. The molecule has 0 bridgehead atoms. The summed E-state index contributed by atoms with van der Waals surface area (Å²) in [5.74, 6) is 0. The Morgan fingerprint density at radius 2 is 2.19 bits per heavy atom. The largest absolute Gasteiger partial charge is 0.372 e. The van der Waals surface area contributed by atoms with Gasteiger partial charge in [-0.15, -0.1) is 0 Å². The maximum atomic E-state index is 5.42. The van der Waals surface area contributed by atoms with Crippen LogP contribution in [0.1, 0.15) is 31.4 Å². The molecule has 0 aliphatic carbocycles. The van der Waals surface area contributed by atoms with E-state index in [9.17, 15) is 0 Å². The topological polar surface area (TPSA) is 24.1 Å². The van der Waals surface area contributed by atoms with Crippen molar-refractivity contribution in [3.8, 4) is 0 Å². The minimum atomic E-state index is 0.288. The van der Waals surface area contributed by atoms with Gasteiger partial charge in [0, 0.05) is 6.04 Å². The van der Waals surface area contributed by atoms with Gasteiger partial charge >= 0.3 is 0 Å². The van der Waals surface area contributed by atoms with E-state index >= 15 is 0 Å². The fraction of sp³-hybridized carbons (Fsp3) is 0.462. The Morgan fingerprint density at radius 1 is 1.44 bits per heavy atom. The molecule has 2 rings (SSSR count). The Balaban J connectivity index is 1.92. The molecule has 1 aliphatic heterocycles. The number of nitrogens with one attached hydrogen (secondary N) is 2. The SMILES string of the molecule is C[C@H](NC(=S)[C@@H]1CCCN1)c1ccccc1. The lowest BCUT2D eigenvalue weighted by Crippen LogP contribution is -2.40. The van der Waals surface area contributed by atoms with Crippen molar-refractivity contribution in [2.45, 2.75) is 31.8 Å². The van der Waals surface area contributed by atoms with Gasteiger partial charge < -0.3 is 10.6 Å². The van der Waals surface area contributed by atoms with Crippen molar-refractivity contribution in [2.75, 3.05) is 6.54 Å². The van der Waals surface area contributed by atoms with Crippen LogP contribution < -0.4 is 10.6 Å². The van der Waals surface area contributed by atoms with Crippen LogP contribution >= 0.6 is 12.2 Å². The van der Waals surface area contributed by atoms with Gasteiger partial charge in [-0.05, 0) is 31.9 Å². The third-order valence-electron chi connectivity index (χ3n) is 3.04. The highest BCUT2D eigenvalue weighted by molar-refractivity contribution is 7.80. The molecule has 3 heteroatoms. The van der Waals surface area contributed by atoms with Crippen molar-refractivity contribution in [1.82, 2.24) is 10.6 Å². The number of thiocarbonyl (C=S) groups is 1. The molecule has 1 fully saturated rings. The van der Waals surface area contributed by atoms with E-state index in [-0.39, 0.29) is 6.04 Å². The molecule has 1 saturated heterocycles. The molecule has 0 aromatic heterocycles. The highest BCUT2D eigenvalue weighted by Crippen LogP contribution is 2.13. The quantitative estimate of drug-likeness (QED) is 0.785. The van der Waals surface area contributed by atoms with Crippen LogP contribution in [-0.2, 0) is 0 Å². The van der Waals surface area contributed by atoms with Crippen LogP contribution in [0.5, 0.6) is 0 Å². The smallest absolute Gasteiger partial charge is 0.0930 e. The zero-order valence-electron chi connectivity index (χ0n) is 9.57. The van der Waals surface area contributed by atoms with Gasteiger partial charge in [0.1, 0.15) is 0 Å². The molecule has 0 saturated carbocycles. The van der Waals surface area contributed by atoms with E-state index in [0.717, 1.165) is 18.0 Å². The van der Waals surface area contributed by atoms with Crippen LogP contribution in [0.2, 0.25) is 0 Å². The molecule has 16 heavy (non-hydrogen) atoms. The first-order valence-corrected chi connectivity index (χ1v) is 6.27. The molecule has 2 atom stereocenters. The molecular weight excluding hydrogens is 216 g/mol. The lowest BCUT2D eigenvalue weighted by atomic mass is 10.1.